The second-order valence-electron chi connectivity index (χ2n) is 4.48. The van der Waals surface area contributed by atoms with Crippen LogP contribution in [0.5, 0.6) is 11.5 Å². The molecule has 1 aromatic rings. The van der Waals surface area contributed by atoms with Crippen LogP contribution in [0.25, 0.3) is 0 Å². The van der Waals surface area contributed by atoms with E-state index in [1.807, 2.05) is 19.2 Å². The molecular weight excluding hydrogens is 226 g/mol. The number of rotatable bonds is 8. The van der Waals surface area contributed by atoms with Crippen molar-refractivity contribution in [2.24, 2.45) is 0 Å². The van der Waals surface area contributed by atoms with E-state index in [0.29, 0.717) is 6.04 Å². The van der Waals surface area contributed by atoms with Crippen LogP contribution in [-0.2, 0) is 0 Å². The highest BCUT2D eigenvalue weighted by atomic mass is 16.5. The van der Waals surface area contributed by atoms with Crippen molar-refractivity contribution in [1.82, 2.24) is 5.32 Å². The van der Waals surface area contributed by atoms with Gasteiger partial charge >= 0.3 is 0 Å². The minimum absolute atomic E-state index is 0.313. The Hall–Kier alpha value is -1.22. The van der Waals surface area contributed by atoms with Gasteiger partial charge in [0.2, 0.25) is 0 Å². The molecule has 0 aromatic heterocycles. The van der Waals surface area contributed by atoms with Gasteiger partial charge in [-0.15, -0.1) is 0 Å². The second-order valence-corrected chi connectivity index (χ2v) is 4.48. The Kier molecular flexibility index (Phi) is 6.58. The molecule has 1 atom stereocenters. The fourth-order valence-corrected chi connectivity index (χ4v) is 1.77. The molecule has 0 heterocycles. The molecule has 0 fully saturated rings. The number of benzene rings is 1. The summed E-state index contributed by atoms with van der Waals surface area (Å²) in [6.45, 7) is 5.07. The van der Waals surface area contributed by atoms with Gasteiger partial charge in [-0.2, -0.15) is 0 Å². The van der Waals surface area contributed by atoms with Crippen LogP contribution in [0.4, 0.5) is 0 Å². The van der Waals surface area contributed by atoms with Crippen molar-refractivity contribution in [3.05, 3.63) is 23.8 Å². The standard InChI is InChI=1S/C15H25NO2/c1-5-6-7-10-18-14-9-8-13(12(2)16-3)11-15(14)17-4/h8-9,11-12,16H,5-7,10H2,1-4H3. The van der Waals surface area contributed by atoms with E-state index in [2.05, 4.69) is 25.2 Å². The molecule has 3 nitrogen and oxygen atoms in total. The van der Waals surface area contributed by atoms with Crippen molar-refractivity contribution in [3.8, 4) is 11.5 Å². The van der Waals surface area contributed by atoms with E-state index < -0.39 is 0 Å². The van der Waals surface area contributed by atoms with Crippen molar-refractivity contribution >= 4 is 0 Å². The molecule has 18 heavy (non-hydrogen) atoms. The third kappa shape index (κ3) is 4.22. The van der Waals surface area contributed by atoms with E-state index in [1.165, 1.54) is 18.4 Å². The number of nitrogens with one attached hydrogen (secondary N) is 1. The summed E-state index contributed by atoms with van der Waals surface area (Å²) in [6.07, 6.45) is 3.50. The number of unbranched alkanes of at least 4 members (excludes halogenated alkanes) is 2. The van der Waals surface area contributed by atoms with Gasteiger partial charge < -0.3 is 14.8 Å². The van der Waals surface area contributed by atoms with E-state index in [4.69, 9.17) is 9.47 Å². The lowest BCUT2D eigenvalue weighted by atomic mass is 10.1. The normalized spacial score (nSPS) is 12.2. The fraction of sp³-hybridized carbons (Fsp3) is 0.600. The first-order valence-electron chi connectivity index (χ1n) is 6.71. The average Bonchev–Trinajstić information content (AvgIpc) is 2.42. The summed E-state index contributed by atoms with van der Waals surface area (Å²) in [5, 5.41) is 3.22. The van der Waals surface area contributed by atoms with Gasteiger partial charge in [-0.3, -0.25) is 0 Å². The van der Waals surface area contributed by atoms with Crippen molar-refractivity contribution in [2.75, 3.05) is 20.8 Å². The highest BCUT2D eigenvalue weighted by Crippen LogP contribution is 2.30. The smallest absolute Gasteiger partial charge is 0.161 e. The molecule has 1 unspecified atom stereocenters. The third-order valence-electron chi connectivity index (χ3n) is 3.13. The summed E-state index contributed by atoms with van der Waals surface area (Å²) in [5.74, 6) is 1.65. The summed E-state index contributed by atoms with van der Waals surface area (Å²) < 4.78 is 11.1. The lowest BCUT2D eigenvalue weighted by Gasteiger charge is -2.15. The van der Waals surface area contributed by atoms with Crippen LogP contribution in [0.1, 0.15) is 44.7 Å². The molecule has 1 N–H and O–H groups in total. The molecule has 0 saturated carbocycles. The topological polar surface area (TPSA) is 30.5 Å². The number of methoxy groups -OCH3 is 1. The van der Waals surface area contributed by atoms with Gasteiger partial charge in [0, 0.05) is 6.04 Å². The van der Waals surface area contributed by atoms with Gasteiger partial charge in [0.25, 0.3) is 0 Å². The zero-order valence-corrected chi connectivity index (χ0v) is 12.0. The first-order chi connectivity index (χ1) is 8.72. The van der Waals surface area contributed by atoms with Crippen LogP contribution in [0.3, 0.4) is 0 Å². The van der Waals surface area contributed by atoms with Crippen LogP contribution in [-0.4, -0.2) is 20.8 Å². The molecule has 0 aliphatic heterocycles. The van der Waals surface area contributed by atoms with Gasteiger partial charge in [-0.1, -0.05) is 25.8 Å². The van der Waals surface area contributed by atoms with Gasteiger partial charge in [-0.05, 0) is 38.1 Å². The molecule has 0 aliphatic rings. The SMILES string of the molecule is CCCCCOc1ccc(C(C)NC)cc1OC. The lowest BCUT2D eigenvalue weighted by molar-refractivity contribution is 0.285. The first-order valence-corrected chi connectivity index (χ1v) is 6.71. The van der Waals surface area contributed by atoms with Crippen LogP contribution < -0.4 is 14.8 Å². The average molecular weight is 251 g/mol. The van der Waals surface area contributed by atoms with Crippen molar-refractivity contribution in [2.45, 2.75) is 39.2 Å². The first kappa shape index (κ1) is 14.8. The van der Waals surface area contributed by atoms with E-state index >= 15 is 0 Å². The summed E-state index contributed by atoms with van der Waals surface area (Å²) >= 11 is 0. The number of ether oxygens (including phenoxy) is 2. The Labute approximate surface area is 110 Å². The minimum atomic E-state index is 0.313. The van der Waals surface area contributed by atoms with Gasteiger partial charge in [0.1, 0.15) is 0 Å². The zero-order chi connectivity index (χ0) is 13.4. The summed E-state index contributed by atoms with van der Waals surface area (Å²) in [7, 11) is 3.63. The Morgan fingerprint density at radius 1 is 1.22 bits per heavy atom. The maximum atomic E-state index is 5.75. The summed E-state index contributed by atoms with van der Waals surface area (Å²) in [4.78, 5) is 0. The van der Waals surface area contributed by atoms with Crippen LogP contribution in [0, 0.1) is 0 Å². The number of hydrogen-bond acceptors (Lipinski definition) is 3. The van der Waals surface area contributed by atoms with Crippen molar-refractivity contribution in [3.63, 3.8) is 0 Å². The Morgan fingerprint density at radius 2 is 2.00 bits per heavy atom. The molecule has 1 aromatic carbocycles. The molecular formula is C15H25NO2. The number of hydrogen-bond donors (Lipinski definition) is 1. The minimum Gasteiger partial charge on any atom is -0.493 e. The molecule has 0 amide bonds. The molecule has 0 bridgehead atoms. The predicted molar refractivity (Wildman–Crippen MR) is 75.5 cm³/mol. The van der Waals surface area contributed by atoms with Gasteiger partial charge in [0.05, 0.1) is 13.7 Å². The molecule has 0 aliphatic carbocycles. The molecule has 102 valence electrons. The second kappa shape index (κ2) is 7.98. The van der Waals surface area contributed by atoms with Crippen molar-refractivity contribution in [1.29, 1.82) is 0 Å². The van der Waals surface area contributed by atoms with E-state index in [1.54, 1.807) is 7.11 Å². The lowest BCUT2D eigenvalue weighted by Crippen LogP contribution is -2.12. The molecule has 0 radical (unpaired) electrons. The molecule has 3 heteroatoms. The highest BCUT2D eigenvalue weighted by Gasteiger charge is 2.09. The van der Waals surface area contributed by atoms with E-state index in [9.17, 15) is 0 Å². The Bertz CT molecular complexity index is 352. The van der Waals surface area contributed by atoms with Gasteiger partial charge in [-0.25, -0.2) is 0 Å². The maximum Gasteiger partial charge on any atom is 0.161 e. The summed E-state index contributed by atoms with van der Waals surface area (Å²) in [6, 6.07) is 6.43. The molecule has 0 spiro atoms. The summed E-state index contributed by atoms with van der Waals surface area (Å²) in [5.41, 5.74) is 1.20. The van der Waals surface area contributed by atoms with Crippen LogP contribution >= 0.6 is 0 Å². The van der Waals surface area contributed by atoms with Gasteiger partial charge in [0.15, 0.2) is 11.5 Å². The zero-order valence-electron chi connectivity index (χ0n) is 12.0. The fourth-order valence-electron chi connectivity index (χ4n) is 1.77. The van der Waals surface area contributed by atoms with Crippen LogP contribution in [0.15, 0.2) is 18.2 Å². The Balaban J connectivity index is 2.68. The third-order valence-corrected chi connectivity index (χ3v) is 3.13. The monoisotopic (exact) mass is 251 g/mol. The predicted octanol–water partition coefficient (Wildman–Crippen LogP) is 3.54. The molecule has 1 rings (SSSR count). The highest BCUT2D eigenvalue weighted by molar-refractivity contribution is 5.43. The van der Waals surface area contributed by atoms with E-state index in [0.717, 1.165) is 24.5 Å². The molecule has 0 saturated heterocycles. The maximum absolute atomic E-state index is 5.75. The van der Waals surface area contributed by atoms with Crippen LogP contribution in [0.2, 0.25) is 0 Å². The largest absolute Gasteiger partial charge is 0.493 e. The Morgan fingerprint density at radius 3 is 2.61 bits per heavy atom. The van der Waals surface area contributed by atoms with Crippen molar-refractivity contribution < 1.29 is 9.47 Å². The quantitative estimate of drug-likeness (QED) is 0.717. The van der Waals surface area contributed by atoms with E-state index in [-0.39, 0.29) is 0 Å².